The van der Waals surface area contributed by atoms with E-state index in [2.05, 4.69) is 20.9 Å². The Labute approximate surface area is 79.4 Å². The standard InChI is InChI=1S/C6H8BrNO3S/c1-4(2)11-6-8-3-5(7)12(6,9)10/h3-4H,1-2H3. The fraction of sp³-hybridized carbons (Fsp3) is 0.500. The fourth-order valence-corrected chi connectivity index (χ4v) is 2.01. The third-order valence-electron chi connectivity index (χ3n) is 1.09. The summed E-state index contributed by atoms with van der Waals surface area (Å²) in [5.41, 5.74) is 0. The normalized spacial score (nSPS) is 20.7. The molecule has 0 atom stereocenters. The Morgan fingerprint density at radius 3 is 2.50 bits per heavy atom. The Morgan fingerprint density at radius 1 is 1.58 bits per heavy atom. The summed E-state index contributed by atoms with van der Waals surface area (Å²) in [5.74, 6) is 0. The second-order valence-corrected chi connectivity index (χ2v) is 5.67. The molecule has 0 amide bonds. The van der Waals surface area contributed by atoms with Crippen LogP contribution in [-0.2, 0) is 14.6 Å². The molecule has 0 radical (unpaired) electrons. The van der Waals surface area contributed by atoms with Crippen molar-refractivity contribution in [1.29, 1.82) is 0 Å². The zero-order chi connectivity index (χ0) is 9.35. The first-order chi connectivity index (χ1) is 5.44. The summed E-state index contributed by atoms with van der Waals surface area (Å²) in [5, 5.41) is -0.232. The number of nitrogens with zero attached hydrogens (tertiary/aromatic N) is 1. The molecule has 1 aliphatic heterocycles. The van der Waals surface area contributed by atoms with Gasteiger partial charge in [0.1, 0.15) is 3.81 Å². The Morgan fingerprint density at radius 2 is 2.17 bits per heavy atom. The maximum absolute atomic E-state index is 11.3. The van der Waals surface area contributed by atoms with Gasteiger partial charge >= 0.3 is 5.23 Å². The van der Waals surface area contributed by atoms with Crippen LogP contribution in [-0.4, -0.2) is 19.8 Å². The van der Waals surface area contributed by atoms with Crippen molar-refractivity contribution in [2.75, 3.05) is 0 Å². The average Bonchev–Trinajstić information content (AvgIpc) is 2.15. The number of aliphatic imine (C=N–C) groups is 1. The van der Waals surface area contributed by atoms with E-state index in [-0.39, 0.29) is 15.1 Å². The van der Waals surface area contributed by atoms with E-state index in [1.54, 1.807) is 13.8 Å². The summed E-state index contributed by atoms with van der Waals surface area (Å²) in [7, 11) is -3.46. The molecule has 0 saturated heterocycles. The molecular weight excluding hydrogens is 246 g/mol. The molecule has 0 spiro atoms. The molecule has 0 aliphatic carbocycles. The highest BCUT2D eigenvalue weighted by molar-refractivity contribution is 9.14. The van der Waals surface area contributed by atoms with E-state index in [4.69, 9.17) is 4.74 Å². The first-order valence-corrected chi connectivity index (χ1v) is 5.57. The summed E-state index contributed by atoms with van der Waals surface area (Å²) in [4.78, 5) is 3.61. The lowest BCUT2D eigenvalue weighted by Crippen LogP contribution is -2.18. The Bertz CT molecular complexity index is 342. The predicted molar refractivity (Wildman–Crippen MR) is 49.6 cm³/mol. The van der Waals surface area contributed by atoms with Gasteiger partial charge in [0.2, 0.25) is 0 Å². The van der Waals surface area contributed by atoms with E-state index in [1.165, 1.54) is 6.20 Å². The number of rotatable bonds is 1. The maximum Gasteiger partial charge on any atom is 0.315 e. The zero-order valence-electron chi connectivity index (χ0n) is 6.61. The highest BCUT2D eigenvalue weighted by Crippen LogP contribution is 2.23. The lowest BCUT2D eigenvalue weighted by atomic mass is 10.5. The van der Waals surface area contributed by atoms with Crippen molar-refractivity contribution in [3.8, 4) is 0 Å². The van der Waals surface area contributed by atoms with Crippen molar-refractivity contribution in [3.63, 3.8) is 0 Å². The number of halogens is 1. The van der Waals surface area contributed by atoms with E-state index >= 15 is 0 Å². The first-order valence-electron chi connectivity index (χ1n) is 3.30. The first kappa shape index (κ1) is 9.73. The van der Waals surface area contributed by atoms with Gasteiger partial charge in [0.05, 0.1) is 12.3 Å². The van der Waals surface area contributed by atoms with Crippen LogP contribution in [0.5, 0.6) is 0 Å². The second-order valence-electron chi connectivity index (χ2n) is 2.50. The topological polar surface area (TPSA) is 55.7 Å². The highest BCUT2D eigenvalue weighted by atomic mass is 79.9. The molecule has 0 fully saturated rings. The molecule has 0 aromatic carbocycles. The van der Waals surface area contributed by atoms with Gasteiger partial charge in [-0.2, -0.15) is 0 Å². The second kappa shape index (κ2) is 3.18. The van der Waals surface area contributed by atoms with Crippen molar-refractivity contribution >= 4 is 31.0 Å². The molecule has 0 aromatic heterocycles. The molecular formula is C6H8BrNO3S. The van der Waals surface area contributed by atoms with Crippen LogP contribution in [0.25, 0.3) is 0 Å². The lowest BCUT2D eigenvalue weighted by Gasteiger charge is -2.07. The van der Waals surface area contributed by atoms with E-state index < -0.39 is 9.84 Å². The molecule has 0 unspecified atom stereocenters. The largest absolute Gasteiger partial charge is 0.466 e. The Balaban J connectivity index is 2.88. The molecule has 0 N–H and O–H groups in total. The molecule has 68 valence electrons. The predicted octanol–water partition coefficient (Wildman–Crippen LogP) is 1.39. The van der Waals surface area contributed by atoms with Crippen LogP contribution in [0.2, 0.25) is 0 Å². The molecule has 4 nitrogen and oxygen atoms in total. The molecule has 1 heterocycles. The van der Waals surface area contributed by atoms with Crippen molar-refractivity contribution in [3.05, 3.63) is 10.0 Å². The molecule has 12 heavy (non-hydrogen) atoms. The lowest BCUT2D eigenvalue weighted by molar-refractivity contribution is 0.235. The van der Waals surface area contributed by atoms with E-state index in [9.17, 15) is 8.42 Å². The SMILES string of the molecule is CC(C)OC1=NC=C(Br)S1(=O)=O. The monoisotopic (exact) mass is 253 g/mol. The van der Waals surface area contributed by atoms with Crippen LogP contribution in [0.3, 0.4) is 0 Å². The molecule has 1 rings (SSSR count). The van der Waals surface area contributed by atoms with Gasteiger partial charge in [-0.1, -0.05) is 0 Å². The molecule has 0 bridgehead atoms. The van der Waals surface area contributed by atoms with Crippen LogP contribution >= 0.6 is 15.9 Å². The molecule has 6 heteroatoms. The van der Waals surface area contributed by atoms with E-state index in [1.807, 2.05) is 0 Å². The minimum Gasteiger partial charge on any atom is -0.466 e. The van der Waals surface area contributed by atoms with Crippen molar-refractivity contribution in [2.24, 2.45) is 4.99 Å². The minimum atomic E-state index is -3.46. The number of sulfone groups is 1. The third-order valence-corrected chi connectivity index (χ3v) is 3.86. The molecule has 0 saturated carbocycles. The number of hydrogen-bond donors (Lipinski definition) is 0. The summed E-state index contributed by atoms with van der Waals surface area (Å²) in [6, 6.07) is 0. The summed E-state index contributed by atoms with van der Waals surface area (Å²) in [6.07, 6.45) is 1.03. The summed E-state index contributed by atoms with van der Waals surface area (Å²) >= 11 is 2.87. The Kier molecular flexibility index (Phi) is 2.58. The Hall–Kier alpha value is -0.360. The number of hydrogen-bond acceptors (Lipinski definition) is 4. The van der Waals surface area contributed by atoms with Gasteiger partial charge in [0, 0.05) is 0 Å². The fourth-order valence-electron chi connectivity index (χ4n) is 0.621. The molecule has 1 aliphatic rings. The highest BCUT2D eigenvalue weighted by Gasteiger charge is 2.30. The van der Waals surface area contributed by atoms with Crippen LogP contribution < -0.4 is 0 Å². The number of ether oxygens (including phenoxy) is 1. The van der Waals surface area contributed by atoms with E-state index in [0.717, 1.165) is 0 Å². The van der Waals surface area contributed by atoms with Gasteiger partial charge in [-0.3, -0.25) is 0 Å². The quantitative estimate of drug-likeness (QED) is 0.710. The van der Waals surface area contributed by atoms with Gasteiger partial charge < -0.3 is 4.74 Å². The van der Waals surface area contributed by atoms with Crippen LogP contribution in [0.4, 0.5) is 0 Å². The van der Waals surface area contributed by atoms with Gasteiger partial charge in [-0.25, -0.2) is 13.4 Å². The van der Waals surface area contributed by atoms with E-state index in [0.29, 0.717) is 0 Å². The van der Waals surface area contributed by atoms with Crippen molar-refractivity contribution in [2.45, 2.75) is 20.0 Å². The smallest absolute Gasteiger partial charge is 0.315 e. The van der Waals surface area contributed by atoms with Gasteiger partial charge in [0.15, 0.2) is 0 Å². The summed E-state index contributed by atoms with van der Waals surface area (Å²) < 4.78 is 27.5. The zero-order valence-corrected chi connectivity index (χ0v) is 9.02. The van der Waals surface area contributed by atoms with Gasteiger partial charge in [-0.15, -0.1) is 0 Å². The summed E-state index contributed by atoms with van der Waals surface area (Å²) in [6.45, 7) is 3.48. The van der Waals surface area contributed by atoms with Crippen LogP contribution in [0.15, 0.2) is 15.0 Å². The van der Waals surface area contributed by atoms with Crippen LogP contribution in [0.1, 0.15) is 13.8 Å². The van der Waals surface area contributed by atoms with Crippen molar-refractivity contribution in [1.82, 2.24) is 0 Å². The maximum atomic E-state index is 11.3. The average molecular weight is 254 g/mol. The third kappa shape index (κ3) is 1.69. The van der Waals surface area contributed by atoms with Crippen LogP contribution in [0, 0.1) is 0 Å². The minimum absolute atomic E-state index is 0.0469. The van der Waals surface area contributed by atoms with Gasteiger partial charge in [0.25, 0.3) is 9.84 Å². The molecule has 0 aromatic rings. The van der Waals surface area contributed by atoms with Gasteiger partial charge in [-0.05, 0) is 29.8 Å². The van der Waals surface area contributed by atoms with Crippen molar-refractivity contribution < 1.29 is 13.2 Å².